The molecule has 0 saturated carbocycles. The Kier molecular flexibility index (Phi) is 9.22. The van der Waals surface area contributed by atoms with E-state index in [0.29, 0.717) is 17.9 Å². The average Bonchev–Trinajstić information content (AvgIpc) is 2.73. The smallest absolute Gasteiger partial charge is 0.407 e. The molecule has 0 aromatic heterocycles. The van der Waals surface area contributed by atoms with Gasteiger partial charge < -0.3 is 15.4 Å². The summed E-state index contributed by atoms with van der Waals surface area (Å²) in [7, 11) is -3.90. The van der Waals surface area contributed by atoms with Gasteiger partial charge in [0.25, 0.3) is 15.9 Å². The molecular weight excluding hydrogens is 449 g/mol. The van der Waals surface area contributed by atoms with Gasteiger partial charge in [0.1, 0.15) is 5.82 Å². The lowest BCUT2D eigenvalue weighted by Crippen LogP contribution is -2.44. The Morgan fingerprint density at radius 1 is 1.09 bits per heavy atom. The molecule has 0 spiro atoms. The van der Waals surface area contributed by atoms with Crippen LogP contribution in [-0.2, 0) is 14.8 Å². The number of nitrogens with one attached hydrogen (secondary N) is 3. The second-order valence-electron chi connectivity index (χ2n) is 8.00. The highest BCUT2D eigenvalue weighted by atomic mass is 32.2. The fourth-order valence-corrected chi connectivity index (χ4v) is 4.25. The van der Waals surface area contributed by atoms with Crippen LogP contribution >= 0.6 is 0 Å². The van der Waals surface area contributed by atoms with E-state index in [9.17, 15) is 22.4 Å². The lowest BCUT2D eigenvalue weighted by Gasteiger charge is -2.20. The SMILES string of the molecule is CCOC(=O)NC(CNC(=O)c1ccc(NS(=O)(=O)c2ccc(F)c(C)c2)cc1)CC(C)C. The summed E-state index contributed by atoms with van der Waals surface area (Å²) < 4.78 is 45.8. The number of carbonyl (C=O) groups is 2. The second kappa shape index (κ2) is 11.6. The standard InChI is InChI=1S/C23H30FN3O5S/c1-5-32-23(29)26-19(12-15(2)3)14-25-22(28)17-6-8-18(9-7-17)27-33(30,31)20-10-11-21(24)16(4)13-20/h6-11,13,15,19,27H,5,12,14H2,1-4H3,(H,25,28)(H,26,29). The van der Waals surface area contributed by atoms with Crippen molar-refractivity contribution >= 4 is 27.7 Å². The molecule has 0 aliphatic rings. The van der Waals surface area contributed by atoms with Crippen molar-refractivity contribution < 1.29 is 27.1 Å². The molecule has 180 valence electrons. The number of aryl methyl sites for hydroxylation is 1. The normalized spacial score (nSPS) is 12.2. The molecule has 0 heterocycles. The van der Waals surface area contributed by atoms with Gasteiger partial charge in [-0.15, -0.1) is 0 Å². The van der Waals surface area contributed by atoms with Crippen molar-refractivity contribution in [3.05, 3.63) is 59.4 Å². The van der Waals surface area contributed by atoms with Gasteiger partial charge in [-0.25, -0.2) is 17.6 Å². The summed E-state index contributed by atoms with van der Waals surface area (Å²) in [6, 6.07) is 9.14. The largest absolute Gasteiger partial charge is 0.450 e. The summed E-state index contributed by atoms with van der Waals surface area (Å²) in [6.07, 6.45) is 0.119. The van der Waals surface area contributed by atoms with E-state index in [-0.39, 0.29) is 41.2 Å². The molecule has 33 heavy (non-hydrogen) atoms. The van der Waals surface area contributed by atoms with Crippen molar-refractivity contribution in [1.82, 2.24) is 10.6 Å². The number of amides is 2. The third-order valence-electron chi connectivity index (χ3n) is 4.70. The van der Waals surface area contributed by atoms with E-state index >= 15 is 0 Å². The number of halogens is 1. The molecule has 0 saturated heterocycles. The first kappa shape index (κ1) is 26.1. The summed E-state index contributed by atoms with van der Waals surface area (Å²) in [5.41, 5.74) is 0.809. The minimum Gasteiger partial charge on any atom is -0.450 e. The van der Waals surface area contributed by atoms with Gasteiger partial charge in [0, 0.05) is 23.8 Å². The third-order valence-corrected chi connectivity index (χ3v) is 6.08. The van der Waals surface area contributed by atoms with Crippen LogP contribution in [0.3, 0.4) is 0 Å². The predicted molar refractivity (Wildman–Crippen MR) is 124 cm³/mol. The number of hydrogen-bond donors (Lipinski definition) is 3. The molecule has 1 unspecified atom stereocenters. The Labute approximate surface area is 194 Å². The topological polar surface area (TPSA) is 114 Å². The van der Waals surface area contributed by atoms with E-state index in [2.05, 4.69) is 15.4 Å². The van der Waals surface area contributed by atoms with Gasteiger partial charge in [0.05, 0.1) is 11.5 Å². The predicted octanol–water partition coefficient (Wildman–Crippen LogP) is 3.83. The first-order valence-electron chi connectivity index (χ1n) is 10.6. The van der Waals surface area contributed by atoms with Crippen LogP contribution in [0.15, 0.2) is 47.4 Å². The number of carbonyl (C=O) groups excluding carboxylic acids is 2. The summed E-state index contributed by atoms with van der Waals surface area (Å²) in [6.45, 7) is 7.68. The highest BCUT2D eigenvalue weighted by Gasteiger charge is 2.18. The monoisotopic (exact) mass is 479 g/mol. The lowest BCUT2D eigenvalue weighted by molar-refractivity contribution is 0.0944. The lowest BCUT2D eigenvalue weighted by atomic mass is 10.0. The van der Waals surface area contributed by atoms with Crippen molar-refractivity contribution in [3.8, 4) is 0 Å². The number of benzene rings is 2. The Hall–Kier alpha value is -3.14. The molecule has 10 heteroatoms. The average molecular weight is 480 g/mol. The molecule has 0 radical (unpaired) electrons. The Balaban J connectivity index is 2.00. The summed E-state index contributed by atoms with van der Waals surface area (Å²) >= 11 is 0. The van der Waals surface area contributed by atoms with Crippen LogP contribution in [0.25, 0.3) is 0 Å². The molecule has 1 atom stereocenters. The van der Waals surface area contributed by atoms with Gasteiger partial charge in [-0.3, -0.25) is 9.52 Å². The van der Waals surface area contributed by atoms with Crippen molar-refractivity contribution in [1.29, 1.82) is 0 Å². The Morgan fingerprint density at radius 2 is 1.76 bits per heavy atom. The molecule has 3 N–H and O–H groups in total. The first-order chi connectivity index (χ1) is 15.5. The van der Waals surface area contributed by atoms with E-state index in [4.69, 9.17) is 4.74 Å². The number of anilines is 1. The molecule has 0 aliphatic heterocycles. The van der Waals surface area contributed by atoms with E-state index in [1.54, 1.807) is 6.92 Å². The van der Waals surface area contributed by atoms with Crippen LogP contribution in [0, 0.1) is 18.7 Å². The van der Waals surface area contributed by atoms with Crippen LogP contribution in [0.4, 0.5) is 14.9 Å². The number of hydrogen-bond acceptors (Lipinski definition) is 5. The van der Waals surface area contributed by atoms with E-state index in [0.717, 1.165) is 6.07 Å². The number of alkyl carbamates (subject to hydrolysis) is 1. The quantitative estimate of drug-likeness (QED) is 0.479. The molecule has 2 aromatic carbocycles. The zero-order chi connectivity index (χ0) is 24.6. The van der Waals surface area contributed by atoms with Crippen LogP contribution in [0.5, 0.6) is 0 Å². The van der Waals surface area contributed by atoms with Crippen LogP contribution < -0.4 is 15.4 Å². The number of rotatable bonds is 10. The summed E-state index contributed by atoms with van der Waals surface area (Å²) in [5, 5.41) is 5.51. The fourth-order valence-electron chi connectivity index (χ4n) is 3.11. The summed E-state index contributed by atoms with van der Waals surface area (Å²) in [5.74, 6) is -0.554. The maximum absolute atomic E-state index is 13.4. The molecule has 8 nitrogen and oxygen atoms in total. The molecular formula is C23H30FN3O5S. The maximum Gasteiger partial charge on any atom is 0.407 e. The van der Waals surface area contributed by atoms with Gasteiger partial charge in [-0.2, -0.15) is 0 Å². The van der Waals surface area contributed by atoms with Crippen molar-refractivity contribution in [3.63, 3.8) is 0 Å². The Morgan fingerprint density at radius 3 is 2.33 bits per heavy atom. The van der Waals surface area contributed by atoms with Crippen molar-refractivity contribution in [2.45, 2.75) is 45.1 Å². The van der Waals surface area contributed by atoms with Crippen molar-refractivity contribution in [2.24, 2.45) is 5.92 Å². The number of ether oxygens (including phenoxy) is 1. The van der Waals surface area contributed by atoms with Gasteiger partial charge in [0.15, 0.2) is 0 Å². The molecule has 2 amide bonds. The minimum absolute atomic E-state index is 0.0616. The maximum atomic E-state index is 13.4. The van der Waals surface area contributed by atoms with Crippen LogP contribution in [-0.4, -0.2) is 39.6 Å². The van der Waals surface area contributed by atoms with Crippen LogP contribution in [0.1, 0.15) is 43.1 Å². The first-order valence-corrected chi connectivity index (χ1v) is 12.1. The van der Waals surface area contributed by atoms with Crippen LogP contribution in [0.2, 0.25) is 0 Å². The fraction of sp³-hybridized carbons (Fsp3) is 0.391. The molecule has 2 rings (SSSR count). The highest BCUT2D eigenvalue weighted by Crippen LogP contribution is 2.19. The zero-order valence-electron chi connectivity index (χ0n) is 19.1. The number of sulfonamides is 1. The summed E-state index contributed by atoms with van der Waals surface area (Å²) in [4.78, 5) is 24.2. The van der Waals surface area contributed by atoms with E-state index < -0.39 is 21.9 Å². The molecule has 0 bridgehead atoms. The van der Waals surface area contributed by atoms with Gasteiger partial charge in [0.2, 0.25) is 0 Å². The Bertz CT molecular complexity index is 1070. The third kappa shape index (κ3) is 8.05. The van der Waals surface area contributed by atoms with Gasteiger partial charge in [-0.1, -0.05) is 13.8 Å². The van der Waals surface area contributed by atoms with E-state index in [1.807, 2.05) is 13.8 Å². The van der Waals surface area contributed by atoms with Gasteiger partial charge >= 0.3 is 6.09 Å². The van der Waals surface area contributed by atoms with E-state index in [1.165, 1.54) is 43.3 Å². The molecule has 2 aromatic rings. The minimum atomic E-state index is -3.90. The highest BCUT2D eigenvalue weighted by molar-refractivity contribution is 7.92. The molecule has 0 fully saturated rings. The second-order valence-corrected chi connectivity index (χ2v) is 9.68. The molecule has 0 aliphatic carbocycles. The van der Waals surface area contributed by atoms with Gasteiger partial charge in [-0.05, 0) is 74.2 Å². The van der Waals surface area contributed by atoms with Crippen molar-refractivity contribution in [2.75, 3.05) is 17.9 Å². The zero-order valence-corrected chi connectivity index (χ0v) is 20.0.